The van der Waals surface area contributed by atoms with Crippen LogP contribution in [0.4, 0.5) is 0 Å². The third-order valence-corrected chi connectivity index (χ3v) is 6.10. The number of ether oxygens (including phenoxy) is 1. The molecule has 2 bridgehead atoms. The van der Waals surface area contributed by atoms with Gasteiger partial charge in [-0.1, -0.05) is 40.7 Å². The Morgan fingerprint density at radius 1 is 1.29 bits per heavy atom. The summed E-state index contributed by atoms with van der Waals surface area (Å²) in [5.74, 6) is 2.77. The first-order chi connectivity index (χ1) is 9.81. The zero-order chi connectivity index (χ0) is 15.8. The Balaban J connectivity index is 2.32. The lowest BCUT2D eigenvalue weighted by Gasteiger charge is -2.56. The highest BCUT2D eigenvalue weighted by Gasteiger charge is 2.55. The van der Waals surface area contributed by atoms with Gasteiger partial charge in [0.1, 0.15) is 5.60 Å². The number of rotatable bonds is 4. The summed E-state index contributed by atoms with van der Waals surface area (Å²) < 4.78 is 6.15. The number of esters is 1. The van der Waals surface area contributed by atoms with Gasteiger partial charge < -0.3 is 4.74 Å². The van der Waals surface area contributed by atoms with Crippen LogP contribution in [-0.4, -0.2) is 11.6 Å². The molecule has 0 heterocycles. The van der Waals surface area contributed by atoms with Crippen molar-refractivity contribution in [1.82, 2.24) is 0 Å². The molecule has 0 aromatic rings. The van der Waals surface area contributed by atoms with E-state index in [9.17, 15) is 4.79 Å². The highest BCUT2D eigenvalue weighted by molar-refractivity contribution is 5.87. The number of hydrogen-bond donors (Lipinski definition) is 0. The molecule has 0 spiro atoms. The molecule has 0 amide bonds. The first-order valence-electron chi connectivity index (χ1n) is 8.70. The lowest BCUT2D eigenvalue weighted by molar-refractivity contribution is -0.199. The predicted molar refractivity (Wildman–Crippen MR) is 86.9 cm³/mol. The molecule has 0 saturated heterocycles. The molecule has 2 aliphatic rings. The largest absolute Gasteiger partial charge is 0.455 e. The minimum Gasteiger partial charge on any atom is -0.455 e. The van der Waals surface area contributed by atoms with Gasteiger partial charge >= 0.3 is 5.97 Å². The maximum Gasteiger partial charge on any atom is 0.333 e. The predicted octanol–water partition coefficient (Wildman–Crippen LogP) is 4.98. The lowest BCUT2D eigenvalue weighted by atomic mass is 9.54. The third kappa shape index (κ3) is 2.91. The summed E-state index contributed by atoms with van der Waals surface area (Å²) in [5, 5.41) is 0. The van der Waals surface area contributed by atoms with Crippen LogP contribution >= 0.6 is 0 Å². The van der Waals surface area contributed by atoms with Gasteiger partial charge in [-0.2, -0.15) is 0 Å². The summed E-state index contributed by atoms with van der Waals surface area (Å²) in [6.07, 6.45) is 6.29. The van der Waals surface area contributed by atoms with Crippen LogP contribution in [-0.2, 0) is 9.53 Å². The van der Waals surface area contributed by atoms with Gasteiger partial charge in [0.2, 0.25) is 0 Å². The SMILES string of the molecule is C=C(C)C(=O)OC1(C(C)C)C(C)CC2CC(CC)CC1C2. The van der Waals surface area contributed by atoms with Crippen molar-refractivity contribution in [2.75, 3.05) is 0 Å². The van der Waals surface area contributed by atoms with Crippen LogP contribution in [0.25, 0.3) is 0 Å². The van der Waals surface area contributed by atoms with Gasteiger partial charge in [0.15, 0.2) is 0 Å². The molecular formula is C19H32O2. The number of carbonyl (C=O) groups excluding carboxylic acids is 1. The zero-order valence-corrected chi connectivity index (χ0v) is 14.4. The second-order valence-corrected chi connectivity index (χ2v) is 7.86. The fourth-order valence-electron chi connectivity index (χ4n) is 5.14. The highest BCUT2D eigenvalue weighted by atomic mass is 16.6. The maximum atomic E-state index is 12.3. The third-order valence-electron chi connectivity index (χ3n) is 6.10. The summed E-state index contributed by atoms with van der Waals surface area (Å²) in [5.41, 5.74) is 0.229. The summed E-state index contributed by atoms with van der Waals surface area (Å²) in [7, 11) is 0. The zero-order valence-electron chi connectivity index (χ0n) is 14.4. The second kappa shape index (κ2) is 6.14. The van der Waals surface area contributed by atoms with E-state index in [1.165, 1.54) is 32.1 Å². The van der Waals surface area contributed by atoms with Crippen molar-refractivity contribution < 1.29 is 9.53 Å². The molecule has 0 aliphatic heterocycles. The molecular weight excluding hydrogens is 260 g/mol. The average molecular weight is 292 g/mol. The summed E-state index contributed by atoms with van der Waals surface area (Å²) in [6, 6.07) is 0. The van der Waals surface area contributed by atoms with E-state index < -0.39 is 0 Å². The number of carbonyl (C=O) groups is 1. The Labute approximate surface area is 130 Å². The number of fused-ring (bicyclic) bond motifs is 2. The fraction of sp³-hybridized carbons (Fsp3) is 0.842. The molecule has 120 valence electrons. The van der Waals surface area contributed by atoms with E-state index in [-0.39, 0.29) is 11.6 Å². The molecule has 0 N–H and O–H groups in total. The van der Waals surface area contributed by atoms with Crippen molar-refractivity contribution in [2.24, 2.45) is 29.6 Å². The summed E-state index contributed by atoms with van der Waals surface area (Å²) >= 11 is 0. The minimum absolute atomic E-state index is 0.201. The molecule has 0 aromatic carbocycles. The quantitative estimate of drug-likeness (QED) is 0.539. The van der Waals surface area contributed by atoms with E-state index in [0.29, 0.717) is 23.3 Å². The van der Waals surface area contributed by atoms with Crippen LogP contribution in [0.5, 0.6) is 0 Å². The summed E-state index contributed by atoms with van der Waals surface area (Å²) in [6.45, 7) is 14.6. The standard InChI is InChI=1S/C19H32O2/c1-7-15-9-16-8-14(6)19(13(4)5,17(10-15)11-16)21-18(20)12(2)3/h13-17H,2,7-11H2,1,3-6H3. The van der Waals surface area contributed by atoms with Crippen molar-refractivity contribution in [3.8, 4) is 0 Å². The van der Waals surface area contributed by atoms with Crippen LogP contribution in [0.15, 0.2) is 12.2 Å². The molecule has 2 rings (SSSR count). The Hall–Kier alpha value is -0.790. The maximum absolute atomic E-state index is 12.3. The van der Waals surface area contributed by atoms with E-state index in [0.717, 1.165) is 11.8 Å². The van der Waals surface area contributed by atoms with Crippen LogP contribution in [0.2, 0.25) is 0 Å². The Bertz CT molecular complexity index is 410. The van der Waals surface area contributed by atoms with E-state index >= 15 is 0 Å². The molecule has 0 aromatic heterocycles. The first kappa shape index (κ1) is 16.6. The fourth-order valence-corrected chi connectivity index (χ4v) is 5.14. The molecule has 2 heteroatoms. The average Bonchev–Trinajstić information content (AvgIpc) is 2.42. The topological polar surface area (TPSA) is 26.3 Å². The van der Waals surface area contributed by atoms with E-state index in [1.54, 1.807) is 6.92 Å². The number of hydrogen-bond acceptors (Lipinski definition) is 2. The molecule has 5 atom stereocenters. The Kier molecular flexibility index (Phi) is 4.85. The molecule has 2 aliphatic carbocycles. The molecule has 5 unspecified atom stereocenters. The van der Waals surface area contributed by atoms with Gasteiger partial charge in [-0.05, 0) is 62.2 Å². The molecule has 0 radical (unpaired) electrons. The van der Waals surface area contributed by atoms with Crippen LogP contribution in [0.1, 0.15) is 66.7 Å². The van der Waals surface area contributed by atoms with Crippen molar-refractivity contribution in [3.63, 3.8) is 0 Å². The monoisotopic (exact) mass is 292 g/mol. The van der Waals surface area contributed by atoms with Gasteiger partial charge in [0, 0.05) is 5.57 Å². The van der Waals surface area contributed by atoms with Crippen molar-refractivity contribution >= 4 is 5.97 Å². The van der Waals surface area contributed by atoms with Gasteiger partial charge in [0.25, 0.3) is 0 Å². The molecule has 21 heavy (non-hydrogen) atoms. The lowest BCUT2D eigenvalue weighted by Crippen LogP contribution is -2.57. The smallest absolute Gasteiger partial charge is 0.333 e. The second-order valence-electron chi connectivity index (χ2n) is 7.86. The van der Waals surface area contributed by atoms with E-state index in [4.69, 9.17) is 4.74 Å². The Morgan fingerprint density at radius 3 is 2.48 bits per heavy atom. The van der Waals surface area contributed by atoms with Gasteiger partial charge in [-0.15, -0.1) is 0 Å². The van der Waals surface area contributed by atoms with Gasteiger partial charge in [-0.3, -0.25) is 0 Å². The van der Waals surface area contributed by atoms with Crippen molar-refractivity contribution in [2.45, 2.75) is 72.3 Å². The Morgan fingerprint density at radius 2 is 1.95 bits per heavy atom. The van der Waals surface area contributed by atoms with Gasteiger partial charge in [-0.25, -0.2) is 4.79 Å². The van der Waals surface area contributed by atoms with Crippen LogP contribution < -0.4 is 0 Å². The molecule has 2 nitrogen and oxygen atoms in total. The molecule has 2 fully saturated rings. The molecule has 2 saturated carbocycles. The van der Waals surface area contributed by atoms with E-state index in [1.807, 2.05) is 0 Å². The normalized spacial score (nSPS) is 39.1. The van der Waals surface area contributed by atoms with Gasteiger partial charge in [0.05, 0.1) is 0 Å². The van der Waals surface area contributed by atoms with Crippen LogP contribution in [0, 0.1) is 29.6 Å². The minimum atomic E-state index is -0.291. The van der Waals surface area contributed by atoms with Crippen molar-refractivity contribution in [3.05, 3.63) is 12.2 Å². The first-order valence-corrected chi connectivity index (χ1v) is 8.70. The van der Waals surface area contributed by atoms with Crippen molar-refractivity contribution in [1.29, 1.82) is 0 Å². The highest BCUT2D eigenvalue weighted by Crippen LogP contribution is 2.55. The summed E-state index contributed by atoms with van der Waals surface area (Å²) in [4.78, 5) is 12.3. The van der Waals surface area contributed by atoms with E-state index in [2.05, 4.69) is 34.3 Å². The van der Waals surface area contributed by atoms with Crippen LogP contribution in [0.3, 0.4) is 0 Å².